The number of amides is 1. The molecule has 0 saturated heterocycles. The molecule has 1 aliphatic rings. The first-order chi connectivity index (χ1) is 17.5. The van der Waals surface area contributed by atoms with E-state index in [0.29, 0.717) is 16.8 Å². The van der Waals surface area contributed by atoms with Crippen molar-refractivity contribution in [1.82, 2.24) is 4.90 Å². The van der Waals surface area contributed by atoms with Crippen LogP contribution in [0.1, 0.15) is 62.3 Å². The number of carbonyl (C=O) groups excluding carboxylic acids is 2. The predicted octanol–water partition coefficient (Wildman–Crippen LogP) is 6.80. The molecule has 3 aromatic carbocycles. The van der Waals surface area contributed by atoms with Gasteiger partial charge in [-0.1, -0.05) is 81.4 Å². The van der Waals surface area contributed by atoms with Crippen LogP contribution in [0.2, 0.25) is 0 Å². The van der Waals surface area contributed by atoms with Gasteiger partial charge in [-0.3, -0.25) is 4.79 Å². The summed E-state index contributed by atoms with van der Waals surface area (Å²) < 4.78 is 33.0. The van der Waals surface area contributed by atoms with Crippen molar-refractivity contribution in [3.05, 3.63) is 118 Å². The summed E-state index contributed by atoms with van der Waals surface area (Å²) in [5.41, 5.74) is 4.07. The lowest BCUT2D eigenvalue weighted by molar-refractivity contribution is -0.141. The molecule has 1 aliphatic heterocycles. The van der Waals surface area contributed by atoms with Crippen LogP contribution in [0, 0.1) is 11.6 Å². The minimum atomic E-state index is -0.983. The lowest BCUT2D eigenvalue weighted by atomic mass is 9.81. The maximum absolute atomic E-state index is 13.8. The molecule has 4 rings (SSSR count). The van der Waals surface area contributed by atoms with Crippen LogP contribution in [0.3, 0.4) is 0 Å². The minimum Gasteiger partial charge on any atom is -0.457 e. The lowest BCUT2D eigenvalue weighted by Crippen LogP contribution is -2.38. The normalized spacial score (nSPS) is 16.2. The number of halogens is 2. The number of hydrogen-bond acceptors (Lipinski definition) is 3. The molecule has 37 heavy (non-hydrogen) atoms. The van der Waals surface area contributed by atoms with E-state index in [9.17, 15) is 18.4 Å². The number of rotatable bonds is 6. The second-order valence-electron chi connectivity index (χ2n) is 10.4. The summed E-state index contributed by atoms with van der Waals surface area (Å²) in [7, 11) is 0. The molecular formula is C31H31F2NO3. The van der Waals surface area contributed by atoms with Crippen molar-refractivity contribution in [1.29, 1.82) is 0 Å². The molecule has 0 fully saturated rings. The highest BCUT2D eigenvalue weighted by Gasteiger charge is 2.37. The lowest BCUT2D eigenvalue weighted by Gasteiger charge is -2.35. The van der Waals surface area contributed by atoms with Gasteiger partial charge in [0.05, 0.1) is 12.1 Å². The first-order valence-corrected chi connectivity index (χ1v) is 12.3. The highest BCUT2D eigenvalue weighted by atomic mass is 19.2. The third-order valence-corrected chi connectivity index (χ3v) is 6.76. The monoisotopic (exact) mass is 503 g/mol. The average molecular weight is 504 g/mol. The van der Waals surface area contributed by atoms with Gasteiger partial charge in [0, 0.05) is 18.0 Å². The fourth-order valence-electron chi connectivity index (χ4n) is 4.59. The summed E-state index contributed by atoms with van der Waals surface area (Å²) in [5.74, 6) is -3.13. The third-order valence-electron chi connectivity index (χ3n) is 6.76. The van der Waals surface area contributed by atoms with Crippen LogP contribution >= 0.6 is 0 Å². The third kappa shape index (κ3) is 5.96. The van der Waals surface area contributed by atoms with Gasteiger partial charge in [0.1, 0.15) is 6.61 Å². The maximum Gasteiger partial charge on any atom is 0.336 e. The smallest absolute Gasteiger partial charge is 0.336 e. The van der Waals surface area contributed by atoms with Crippen molar-refractivity contribution in [2.24, 2.45) is 0 Å². The van der Waals surface area contributed by atoms with Gasteiger partial charge in [0.25, 0.3) is 0 Å². The van der Waals surface area contributed by atoms with Crippen molar-refractivity contribution in [3.63, 3.8) is 0 Å². The van der Waals surface area contributed by atoms with E-state index in [2.05, 4.69) is 20.8 Å². The molecule has 0 bridgehead atoms. The summed E-state index contributed by atoms with van der Waals surface area (Å²) in [5, 5.41) is 0. The Bertz CT molecular complexity index is 1320. The van der Waals surface area contributed by atoms with Crippen LogP contribution in [0.4, 0.5) is 8.78 Å². The molecule has 6 heteroatoms. The number of benzene rings is 3. The van der Waals surface area contributed by atoms with E-state index in [1.54, 1.807) is 6.92 Å². The number of hydrogen-bond donors (Lipinski definition) is 0. The van der Waals surface area contributed by atoms with Gasteiger partial charge in [-0.2, -0.15) is 0 Å². The Morgan fingerprint density at radius 1 is 0.946 bits per heavy atom. The Kier molecular flexibility index (Phi) is 7.58. The van der Waals surface area contributed by atoms with Crippen LogP contribution in [0.5, 0.6) is 0 Å². The summed E-state index contributed by atoms with van der Waals surface area (Å²) >= 11 is 0. The van der Waals surface area contributed by atoms with Crippen LogP contribution in [-0.2, 0) is 32.9 Å². The number of esters is 1. The second-order valence-corrected chi connectivity index (χ2v) is 10.4. The molecule has 4 nitrogen and oxygen atoms in total. The molecule has 1 atom stereocenters. The van der Waals surface area contributed by atoms with E-state index in [-0.39, 0.29) is 30.9 Å². The molecule has 1 unspecified atom stereocenters. The molecule has 0 N–H and O–H groups in total. The number of nitrogens with zero attached hydrogens (tertiary/aromatic N) is 1. The van der Waals surface area contributed by atoms with E-state index >= 15 is 0 Å². The Hall–Kier alpha value is -3.80. The quantitative estimate of drug-likeness (QED) is 0.348. The average Bonchev–Trinajstić information content (AvgIpc) is 2.87. The predicted molar refractivity (Wildman–Crippen MR) is 138 cm³/mol. The largest absolute Gasteiger partial charge is 0.457 e. The van der Waals surface area contributed by atoms with Gasteiger partial charge >= 0.3 is 5.97 Å². The van der Waals surface area contributed by atoms with E-state index in [1.165, 1.54) is 11.0 Å². The fraction of sp³-hybridized carbons (Fsp3) is 0.290. The minimum absolute atomic E-state index is 0.0208. The standard InChI is InChI=1S/C31H31F2NO3/c1-20-29(30(36)37-19-21-8-6-5-7-9-21)25(23-11-13-24(14-12-23)31(2,3)4)17-28(35)34(20)18-22-10-15-26(32)27(33)16-22/h5-16,25H,17-19H2,1-4H3. The zero-order chi connectivity index (χ0) is 26.7. The number of allylic oxidation sites excluding steroid dienone is 1. The molecule has 192 valence electrons. The van der Waals surface area contributed by atoms with Crippen LogP contribution in [0.25, 0.3) is 0 Å². The Labute approximate surface area is 216 Å². The molecule has 0 aliphatic carbocycles. The van der Waals surface area contributed by atoms with Gasteiger partial charge in [-0.05, 0) is 46.7 Å². The van der Waals surface area contributed by atoms with E-state index in [1.807, 2.05) is 54.6 Å². The maximum atomic E-state index is 13.8. The van der Waals surface area contributed by atoms with Crippen LogP contribution < -0.4 is 0 Å². The summed E-state index contributed by atoms with van der Waals surface area (Å²) in [4.78, 5) is 28.2. The van der Waals surface area contributed by atoms with Gasteiger partial charge in [0.15, 0.2) is 11.6 Å². The summed E-state index contributed by atoms with van der Waals surface area (Å²) in [6.07, 6.45) is 0.0612. The molecular weight excluding hydrogens is 472 g/mol. The first-order valence-electron chi connectivity index (χ1n) is 12.3. The van der Waals surface area contributed by atoms with Gasteiger partial charge in [0.2, 0.25) is 5.91 Å². The summed E-state index contributed by atoms with van der Waals surface area (Å²) in [6.45, 7) is 8.19. The molecule has 0 aromatic heterocycles. The van der Waals surface area contributed by atoms with E-state index in [4.69, 9.17) is 4.74 Å². The number of carbonyl (C=O) groups is 2. The van der Waals surface area contributed by atoms with Gasteiger partial charge < -0.3 is 9.64 Å². The van der Waals surface area contributed by atoms with Crippen molar-refractivity contribution in [2.75, 3.05) is 0 Å². The highest BCUT2D eigenvalue weighted by molar-refractivity contribution is 5.95. The van der Waals surface area contributed by atoms with Gasteiger partial charge in [-0.25, -0.2) is 13.6 Å². The Balaban J connectivity index is 1.69. The van der Waals surface area contributed by atoms with Crippen molar-refractivity contribution in [3.8, 4) is 0 Å². The number of ether oxygens (including phenoxy) is 1. The fourth-order valence-corrected chi connectivity index (χ4v) is 4.59. The zero-order valence-corrected chi connectivity index (χ0v) is 21.6. The molecule has 1 amide bonds. The summed E-state index contributed by atoms with van der Waals surface area (Å²) in [6, 6.07) is 20.9. The molecule has 0 spiro atoms. The zero-order valence-electron chi connectivity index (χ0n) is 21.6. The Morgan fingerprint density at radius 3 is 2.24 bits per heavy atom. The van der Waals surface area contributed by atoms with Crippen molar-refractivity contribution in [2.45, 2.75) is 58.6 Å². The van der Waals surface area contributed by atoms with Crippen LogP contribution in [-0.4, -0.2) is 16.8 Å². The molecule has 0 saturated carbocycles. The first kappa shape index (κ1) is 26.3. The van der Waals surface area contributed by atoms with Crippen LogP contribution in [0.15, 0.2) is 84.1 Å². The second kappa shape index (κ2) is 10.7. The van der Waals surface area contributed by atoms with Gasteiger partial charge in [-0.15, -0.1) is 0 Å². The Morgan fingerprint density at radius 2 is 1.62 bits per heavy atom. The topological polar surface area (TPSA) is 46.6 Å². The molecule has 0 radical (unpaired) electrons. The SMILES string of the molecule is CC1=C(C(=O)OCc2ccccc2)C(c2ccc(C(C)(C)C)cc2)CC(=O)N1Cc1ccc(F)c(F)c1. The highest BCUT2D eigenvalue weighted by Crippen LogP contribution is 2.38. The van der Waals surface area contributed by atoms with E-state index in [0.717, 1.165) is 28.8 Å². The van der Waals surface area contributed by atoms with Crippen molar-refractivity contribution >= 4 is 11.9 Å². The molecule has 3 aromatic rings. The van der Waals surface area contributed by atoms with E-state index < -0.39 is 23.5 Å². The van der Waals surface area contributed by atoms with Crippen molar-refractivity contribution < 1.29 is 23.1 Å². The molecule has 1 heterocycles.